The quantitative estimate of drug-likeness (QED) is 0.869. The molecule has 25 heavy (non-hydrogen) atoms. The zero-order valence-corrected chi connectivity index (χ0v) is 14.7. The highest BCUT2D eigenvalue weighted by molar-refractivity contribution is 5.95. The highest BCUT2D eigenvalue weighted by Crippen LogP contribution is 2.32. The van der Waals surface area contributed by atoms with Crippen molar-refractivity contribution < 1.29 is 14.3 Å². The molecule has 0 aliphatic carbocycles. The van der Waals surface area contributed by atoms with Gasteiger partial charge in [-0.05, 0) is 62.3 Å². The Balaban J connectivity index is 1.65. The fourth-order valence-corrected chi connectivity index (χ4v) is 2.92. The fraction of sp³-hybridized carbons (Fsp3) is 0.350. The SMILES string of the molecule is COc1ccccc1Oc1ccc(NC(=O)C2(C)CCNCC2)cc1. The van der Waals surface area contributed by atoms with Gasteiger partial charge in [0.1, 0.15) is 5.75 Å². The standard InChI is InChI=1S/C20H24N2O3/c1-20(11-13-21-14-12-20)19(23)22-15-7-9-16(10-8-15)25-18-6-4-3-5-17(18)24-2/h3-10,21H,11-14H2,1-2H3,(H,22,23). The van der Waals surface area contributed by atoms with Crippen molar-refractivity contribution >= 4 is 11.6 Å². The van der Waals surface area contributed by atoms with Crippen LogP contribution in [0, 0.1) is 5.41 Å². The Morgan fingerprint density at radius 2 is 1.68 bits per heavy atom. The van der Waals surface area contributed by atoms with Gasteiger partial charge in [0.2, 0.25) is 5.91 Å². The van der Waals surface area contributed by atoms with E-state index < -0.39 is 0 Å². The minimum atomic E-state index is -0.308. The average Bonchev–Trinajstić information content (AvgIpc) is 2.64. The molecule has 0 aromatic heterocycles. The van der Waals surface area contributed by atoms with Gasteiger partial charge in [-0.1, -0.05) is 19.1 Å². The van der Waals surface area contributed by atoms with Crippen LogP contribution in [0.2, 0.25) is 0 Å². The van der Waals surface area contributed by atoms with Gasteiger partial charge in [-0.15, -0.1) is 0 Å². The van der Waals surface area contributed by atoms with E-state index in [9.17, 15) is 4.79 Å². The number of piperidine rings is 1. The molecule has 5 heteroatoms. The Bertz CT molecular complexity index is 722. The number of carbonyl (C=O) groups is 1. The van der Waals surface area contributed by atoms with E-state index in [0.29, 0.717) is 17.2 Å². The molecule has 1 aliphatic rings. The summed E-state index contributed by atoms with van der Waals surface area (Å²) in [6.45, 7) is 3.80. The number of hydrogen-bond donors (Lipinski definition) is 2. The van der Waals surface area contributed by atoms with E-state index >= 15 is 0 Å². The Labute approximate surface area is 148 Å². The van der Waals surface area contributed by atoms with Crippen molar-refractivity contribution in [2.75, 3.05) is 25.5 Å². The van der Waals surface area contributed by atoms with Gasteiger partial charge in [-0.2, -0.15) is 0 Å². The number of rotatable bonds is 5. The largest absolute Gasteiger partial charge is 0.493 e. The first kappa shape index (κ1) is 17.3. The summed E-state index contributed by atoms with van der Waals surface area (Å²) in [5.74, 6) is 2.10. The molecule has 132 valence electrons. The Morgan fingerprint density at radius 1 is 1.04 bits per heavy atom. The monoisotopic (exact) mass is 340 g/mol. The van der Waals surface area contributed by atoms with Crippen molar-refractivity contribution in [1.82, 2.24) is 5.32 Å². The molecule has 2 N–H and O–H groups in total. The van der Waals surface area contributed by atoms with Crippen molar-refractivity contribution in [3.05, 3.63) is 48.5 Å². The van der Waals surface area contributed by atoms with Crippen LogP contribution in [0.3, 0.4) is 0 Å². The third-order valence-corrected chi connectivity index (χ3v) is 4.66. The molecule has 2 aromatic rings. The summed E-state index contributed by atoms with van der Waals surface area (Å²) in [7, 11) is 1.61. The molecular formula is C20H24N2O3. The minimum absolute atomic E-state index is 0.0763. The second kappa shape index (κ2) is 7.57. The summed E-state index contributed by atoms with van der Waals surface area (Å²) in [6.07, 6.45) is 1.71. The number of methoxy groups -OCH3 is 1. The number of para-hydroxylation sites is 2. The molecule has 1 fully saturated rings. The summed E-state index contributed by atoms with van der Waals surface area (Å²) in [5, 5.41) is 6.31. The molecule has 0 radical (unpaired) electrons. The molecule has 0 atom stereocenters. The molecule has 0 saturated carbocycles. The second-order valence-electron chi connectivity index (χ2n) is 6.54. The highest BCUT2D eigenvalue weighted by atomic mass is 16.5. The van der Waals surface area contributed by atoms with E-state index in [4.69, 9.17) is 9.47 Å². The molecule has 0 unspecified atom stereocenters. The van der Waals surface area contributed by atoms with Gasteiger partial charge in [0.05, 0.1) is 7.11 Å². The van der Waals surface area contributed by atoms with Crippen LogP contribution in [0.1, 0.15) is 19.8 Å². The van der Waals surface area contributed by atoms with Crippen LogP contribution in [-0.4, -0.2) is 26.1 Å². The average molecular weight is 340 g/mol. The predicted octanol–water partition coefficient (Wildman–Crippen LogP) is 3.82. The number of benzene rings is 2. The Hall–Kier alpha value is -2.53. The minimum Gasteiger partial charge on any atom is -0.493 e. The number of nitrogens with one attached hydrogen (secondary N) is 2. The van der Waals surface area contributed by atoms with Crippen LogP contribution in [-0.2, 0) is 4.79 Å². The summed E-state index contributed by atoms with van der Waals surface area (Å²) in [6, 6.07) is 14.9. The van der Waals surface area contributed by atoms with Crippen LogP contribution in [0.5, 0.6) is 17.2 Å². The molecular weight excluding hydrogens is 316 g/mol. The molecule has 1 amide bonds. The third-order valence-electron chi connectivity index (χ3n) is 4.66. The van der Waals surface area contributed by atoms with Crippen LogP contribution < -0.4 is 20.1 Å². The zero-order valence-electron chi connectivity index (χ0n) is 14.7. The maximum absolute atomic E-state index is 12.6. The van der Waals surface area contributed by atoms with Crippen molar-refractivity contribution in [1.29, 1.82) is 0 Å². The van der Waals surface area contributed by atoms with E-state index in [1.54, 1.807) is 7.11 Å². The lowest BCUT2D eigenvalue weighted by atomic mass is 9.80. The maximum Gasteiger partial charge on any atom is 0.230 e. The summed E-state index contributed by atoms with van der Waals surface area (Å²) < 4.78 is 11.1. The second-order valence-corrected chi connectivity index (χ2v) is 6.54. The van der Waals surface area contributed by atoms with Crippen LogP contribution >= 0.6 is 0 Å². The summed E-state index contributed by atoms with van der Waals surface area (Å²) >= 11 is 0. The Kier molecular flexibility index (Phi) is 5.24. The maximum atomic E-state index is 12.6. The van der Waals surface area contributed by atoms with E-state index in [0.717, 1.165) is 31.6 Å². The lowest BCUT2D eigenvalue weighted by Crippen LogP contribution is -2.42. The molecule has 3 rings (SSSR count). The first-order chi connectivity index (χ1) is 12.1. The van der Waals surface area contributed by atoms with Crippen molar-refractivity contribution in [3.8, 4) is 17.2 Å². The van der Waals surface area contributed by atoms with Crippen molar-refractivity contribution in [2.45, 2.75) is 19.8 Å². The van der Waals surface area contributed by atoms with Gasteiger partial charge in [-0.25, -0.2) is 0 Å². The Morgan fingerprint density at radius 3 is 2.32 bits per heavy atom. The van der Waals surface area contributed by atoms with E-state index in [2.05, 4.69) is 10.6 Å². The number of carbonyl (C=O) groups excluding carboxylic acids is 1. The topological polar surface area (TPSA) is 59.6 Å². The number of hydrogen-bond acceptors (Lipinski definition) is 4. The smallest absolute Gasteiger partial charge is 0.230 e. The van der Waals surface area contributed by atoms with E-state index in [-0.39, 0.29) is 11.3 Å². The number of anilines is 1. The van der Waals surface area contributed by atoms with Crippen molar-refractivity contribution in [2.24, 2.45) is 5.41 Å². The van der Waals surface area contributed by atoms with Gasteiger partial charge in [-0.3, -0.25) is 4.79 Å². The van der Waals surface area contributed by atoms with E-state index in [1.165, 1.54) is 0 Å². The lowest BCUT2D eigenvalue weighted by Gasteiger charge is -2.32. The summed E-state index contributed by atoms with van der Waals surface area (Å²) in [5.41, 5.74) is 0.467. The van der Waals surface area contributed by atoms with Gasteiger partial charge in [0, 0.05) is 11.1 Å². The van der Waals surface area contributed by atoms with Gasteiger partial charge in [0.15, 0.2) is 11.5 Å². The number of ether oxygens (including phenoxy) is 2. The van der Waals surface area contributed by atoms with Gasteiger partial charge < -0.3 is 20.1 Å². The van der Waals surface area contributed by atoms with Gasteiger partial charge >= 0.3 is 0 Å². The molecule has 1 aliphatic heterocycles. The van der Waals surface area contributed by atoms with Crippen molar-refractivity contribution in [3.63, 3.8) is 0 Å². The molecule has 0 bridgehead atoms. The summed E-state index contributed by atoms with van der Waals surface area (Å²) in [4.78, 5) is 12.6. The first-order valence-electron chi connectivity index (χ1n) is 8.54. The van der Waals surface area contributed by atoms with Crippen LogP contribution in [0.4, 0.5) is 5.69 Å². The fourth-order valence-electron chi connectivity index (χ4n) is 2.92. The van der Waals surface area contributed by atoms with Crippen LogP contribution in [0.25, 0.3) is 0 Å². The molecule has 5 nitrogen and oxygen atoms in total. The predicted molar refractivity (Wildman–Crippen MR) is 98.4 cm³/mol. The van der Waals surface area contributed by atoms with Gasteiger partial charge in [0.25, 0.3) is 0 Å². The molecule has 2 aromatic carbocycles. The third kappa shape index (κ3) is 4.12. The molecule has 1 heterocycles. The molecule has 1 saturated heterocycles. The first-order valence-corrected chi connectivity index (χ1v) is 8.54. The van der Waals surface area contributed by atoms with E-state index in [1.807, 2.05) is 55.5 Å². The molecule has 0 spiro atoms. The lowest BCUT2D eigenvalue weighted by molar-refractivity contribution is -0.126. The normalized spacial score (nSPS) is 16.1. The zero-order chi connectivity index (χ0) is 17.7. The van der Waals surface area contributed by atoms with Crippen LogP contribution in [0.15, 0.2) is 48.5 Å². The number of amides is 1. The highest BCUT2D eigenvalue weighted by Gasteiger charge is 2.34.